The number of hydrogen-bond donors (Lipinski definition) is 1. The molecule has 0 spiro atoms. The maximum Gasteiger partial charge on any atom is 0.130 e. The molecule has 2 rings (SSSR count). The highest BCUT2D eigenvalue weighted by atomic mass is 35.5. The molecule has 1 heterocycles. The van der Waals surface area contributed by atoms with Gasteiger partial charge in [-0.1, -0.05) is 25.4 Å². The zero-order chi connectivity index (χ0) is 13.5. The molecule has 0 amide bonds. The van der Waals surface area contributed by atoms with Crippen molar-refractivity contribution >= 4 is 11.6 Å². The third-order valence-corrected chi connectivity index (χ3v) is 5.09. The second kappa shape index (κ2) is 4.86. The summed E-state index contributed by atoms with van der Waals surface area (Å²) in [4.78, 5) is 0. The first-order valence-corrected chi connectivity index (χ1v) is 7.18. The van der Waals surface area contributed by atoms with Crippen LogP contribution in [0, 0.1) is 18.8 Å². The van der Waals surface area contributed by atoms with Crippen molar-refractivity contribution in [1.82, 2.24) is 9.78 Å². The van der Waals surface area contributed by atoms with E-state index >= 15 is 0 Å². The standard InChI is InChI=1S/C14H24ClN3/c1-9-5-6-14(16,10(2)7-9)8-12-11(3)17-18(4)13(12)15/h9-10H,5-8,16H2,1-4H3. The van der Waals surface area contributed by atoms with Crippen LogP contribution < -0.4 is 5.73 Å². The Bertz CT molecular complexity index is 440. The van der Waals surface area contributed by atoms with E-state index in [-0.39, 0.29) is 5.54 Å². The summed E-state index contributed by atoms with van der Waals surface area (Å²) in [5.74, 6) is 1.33. The SMILES string of the molecule is Cc1nn(C)c(Cl)c1CC1(N)CCC(C)CC1C. The highest BCUT2D eigenvalue weighted by molar-refractivity contribution is 6.30. The van der Waals surface area contributed by atoms with Gasteiger partial charge in [-0.3, -0.25) is 4.68 Å². The summed E-state index contributed by atoms with van der Waals surface area (Å²) in [6.45, 7) is 6.61. The Labute approximate surface area is 115 Å². The van der Waals surface area contributed by atoms with Crippen LogP contribution in [0.25, 0.3) is 0 Å². The molecule has 1 aliphatic rings. The molecule has 0 bridgehead atoms. The molecule has 3 atom stereocenters. The molecule has 0 aliphatic heterocycles. The fourth-order valence-electron chi connectivity index (χ4n) is 3.18. The van der Waals surface area contributed by atoms with Crippen molar-refractivity contribution in [1.29, 1.82) is 0 Å². The Morgan fingerprint density at radius 2 is 2.17 bits per heavy atom. The maximum atomic E-state index is 6.65. The zero-order valence-electron chi connectivity index (χ0n) is 11.8. The van der Waals surface area contributed by atoms with Gasteiger partial charge in [0.15, 0.2) is 0 Å². The molecule has 2 N–H and O–H groups in total. The summed E-state index contributed by atoms with van der Waals surface area (Å²) < 4.78 is 1.74. The summed E-state index contributed by atoms with van der Waals surface area (Å²) in [7, 11) is 1.88. The van der Waals surface area contributed by atoms with Crippen LogP contribution in [0.4, 0.5) is 0 Å². The molecule has 3 unspecified atom stereocenters. The lowest BCUT2D eigenvalue weighted by Crippen LogP contribution is -2.51. The highest BCUT2D eigenvalue weighted by Gasteiger charge is 2.38. The normalized spacial score (nSPS) is 32.8. The molecule has 1 fully saturated rings. The Hall–Kier alpha value is -0.540. The Morgan fingerprint density at radius 3 is 2.67 bits per heavy atom. The maximum absolute atomic E-state index is 6.65. The minimum atomic E-state index is -0.121. The molecule has 1 aromatic rings. The number of halogens is 1. The lowest BCUT2D eigenvalue weighted by atomic mass is 9.68. The van der Waals surface area contributed by atoms with Gasteiger partial charge in [-0.2, -0.15) is 5.10 Å². The fraction of sp³-hybridized carbons (Fsp3) is 0.786. The first-order valence-electron chi connectivity index (χ1n) is 6.80. The first kappa shape index (κ1) is 13.9. The second-order valence-electron chi connectivity index (χ2n) is 6.17. The van der Waals surface area contributed by atoms with Gasteiger partial charge in [-0.25, -0.2) is 0 Å². The third-order valence-electron chi connectivity index (χ3n) is 4.62. The van der Waals surface area contributed by atoms with Crippen LogP contribution in [0.15, 0.2) is 0 Å². The van der Waals surface area contributed by atoms with Crippen molar-refractivity contribution in [2.75, 3.05) is 0 Å². The van der Waals surface area contributed by atoms with E-state index in [1.165, 1.54) is 12.8 Å². The highest BCUT2D eigenvalue weighted by Crippen LogP contribution is 2.38. The van der Waals surface area contributed by atoms with Gasteiger partial charge < -0.3 is 5.73 Å². The predicted octanol–water partition coefficient (Wildman–Crippen LogP) is 3.08. The summed E-state index contributed by atoms with van der Waals surface area (Å²) in [6.07, 6.45) is 4.37. The molecule has 1 aliphatic carbocycles. The third kappa shape index (κ3) is 2.43. The van der Waals surface area contributed by atoms with Crippen LogP contribution in [-0.4, -0.2) is 15.3 Å². The molecule has 1 saturated carbocycles. The van der Waals surface area contributed by atoms with Crippen LogP contribution in [0.1, 0.15) is 44.4 Å². The van der Waals surface area contributed by atoms with Gasteiger partial charge in [0.25, 0.3) is 0 Å². The van der Waals surface area contributed by atoms with Crippen molar-refractivity contribution in [2.45, 2.75) is 52.0 Å². The van der Waals surface area contributed by atoms with Crippen molar-refractivity contribution < 1.29 is 0 Å². The van der Waals surface area contributed by atoms with E-state index in [4.69, 9.17) is 17.3 Å². The minimum absolute atomic E-state index is 0.121. The molecule has 4 heteroatoms. The molecule has 1 aromatic heterocycles. The van der Waals surface area contributed by atoms with Gasteiger partial charge >= 0.3 is 0 Å². The van der Waals surface area contributed by atoms with Gasteiger partial charge in [-0.05, 0) is 44.4 Å². The van der Waals surface area contributed by atoms with E-state index in [9.17, 15) is 0 Å². The van der Waals surface area contributed by atoms with Gasteiger partial charge in [0.1, 0.15) is 5.15 Å². The molecule has 3 nitrogen and oxygen atoms in total. The number of nitrogens with two attached hydrogens (primary N) is 1. The summed E-state index contributed by atoms with van der Waals surface area (Å²) in [6, 6.07) is 0. The van der Waals surface area contributed by atoms with Crippen molar-refractivity contribution in [3.63, 3.8) is 0 Å². The average Bonchev–Trinajstić information content (AvgIpc) is 2.52. The quantitative estimate of drug-likeness (QED) is 0.897. The van der Waals surface area contributed by atoms with Gasteiger partial charge in [0.05, 0.1) is 5.69 Å². The van der Waals surface area contributed by atoms with Gasteiger partial charge in [-0.15, -0.1) is 0 Å². The van der Waals surface area contributed by atoms with E-state index in [2.05, 4.69) is 18.9 Å². The Kier molecular flexibility index (Phi) is 3.75. The number of aromatic nitrogens is 2. The van der Waals surface area contributed by atoms with Crippen LogP contribution in [0.2, 0.25) is 5.15 Å². The first-order chi connectivity index (χ1) is 8.33. The number of aryl methyl sites for hydroxylation is 2. The summed E-state index contributed by atoms with van der Waals surface area (Å²) in [5.41, 5.74) is 8.67. The molecule has 0 radical (unpaired) electrons. The van der Waals surface area contributed by atoms with E-state index in [1.54, 1.807) is 4.68 Å². The molecule has 0 aromatic carbocycles. The lowest BCUT2D eigenvalue weighted by molar-refractivity contribution is 0.163. The zero-order valence-corrected chi connectivity index (χ0v) is 12.6. The largest absolute Gasteiger partial charge is 0.325 e. The van der Waals surface area contributed by atoms with E-state index in [0.717, 1.165) is 35.2 Å². The van der Waals surface area contributed by atoms with Crippen molar-refractivity contribution in [3.05, 3.63) is 16.4 Å². The molecular weight excluding hydrogens is 246 g/mol. The molecule has 102 valence electrons. The Morgan fingerprint density at radius 1 is 1.50 bits per heavy atom. The van der Waals surface area contributed by atoms with Crippen LogP contribution >= 0.6 is 11.6 Å². The van der Waals surface area contributed by atoms with Gasteiger partial charge in [0, 0.05) is 18.2 Å². The van der Waals surface area contributed by atoms with Gasteiger partial charge in [0.2, 0.25) is 0 Å². The number of rotatable bonds is 2. The van der Waals surface area contributed by atoms with Crippen LogP contribution in [0.3, 0.4) is 0 Å². The average molecular weight is 270 g/mol. The smallest absolute Gasteiger partial charge is 0.130 e. The van der Waals surface area contributed by atoms with E-state index in [0.29, 0.717) is 5.92 Å². The summed E-state index contributed by atoms with van der Waals surface area (Å²) >= 11 is 6.32. The summed E-state index contributed by atoms with van der Waals surface area (Å²) in [5, 5.41) is 5.12. The van der Waals surface area contributed by atoms with Crippen LogP contribution in [0.5, 0.6) is 0 Å². The monoisotopic (exact) mass is 269 g/mol. The molecule has 18 heavy (non-hydrogen) atoms. The Balaban J connectivity index is 2.22. The van der Waals surface area contributed by atoms with Crippen molar-refractivity contribution in [3.8, 4) is 0 Å². The minimum Gasteiger partial charge on any atom is -0.325 e. The van der Waals surface area contributed by atoms with Crippen LogP contribution in [-0.2, 0) is 13.5 Å². The number of nitrogens with zero attached hydrogens (tertiary/aromatic N) is 2. The second-order valence-corrected chi connectivity index (χ2v) is 6.53. The van der Waals surface area contributed by atoms with E-state index in [1.807, 2.05) is 14.0 Å². The van der Waals surface area contributed by atoms with Crippen molar-refractivity contribution in [2.24, 2.45) is 24.6 Å². The molecule has 0 saturated heterocycles. The topological polar surface area (TPSA) is 43.8 Å². The number of hydrogen-bond acceptors (Lipinski definition) is 2. The molecular formula is C14H24ClN3. The fourth-order valence-corrected chi connectivity index (χ4v) is 3.43. The van der Waals surface area contributed by atoms with E-state index < -0.39 is 0 Å². The lowest BCUT2D eigenvalue weighted by Gasteiger charge is -2.42. The predicted molar refractivity (Wildman–Crippen MR) is 75.8 cm³/mol.